The lowest BCUT2D eigenvalue weighted by atomic mass is 9.81. The summed E-state index contributed by atoms with van der Waals surface area (Å²) in [6, 6.07) is 9.20. The van der Waals surface area contributed by atoms with E-state index in [9.17, 15) is 22.4 Å². The number of nitrogens with zero attached hydrogens (tertiary/aromatic N) is 2. The molecular weight excluding hydrogens is 612 g/mol. The van der Waals surface area contributed by atoms with Gasteiger partial charge in [-0.15, -0.1) is 13.2 Å². The topological polar surface area (TPSA) is 98.5 Å². The van der Waals surface area contributed by atoms with Crippen LogP contribution < -0.4 is 15.4 Å². The maximum absolute atomic E-state index is 14.8. The van der Waals surface area contributed by atoms with Crippen LogP contribution in [-0.2, 0) is 11.3 Å². The number of carbonyl (C=O) groups is 1. The first-order valence-corrected chi connectivity index (χ1v) is 16.1. The first-order chi connectivity index (χ1) is 21.7. The van der Waals surface area contributed by atoms with E-state index in [1.54, 1.807) is 25.1 Å². The molecule has 13 heteroatoms. The normalized spacial score (nSPS) is 23.0. The highest BCUT2D eigenvalue weighted by Crippen LogP contribution is 2.47. The summed E-state index contributed by atoms with van der Waals surface area (Å²) in [4.78, 5) is 16.7. The second kappa shape index (κ2) is 11.9. The molecule has 3 aliphatic carbocycles. The van der Waals surface area contributed by atoms with Crippen molar-refractivity contribution in [2.45, 2.75) is 76.4 Å². The number of thiazole rings is 1. The molecule has 3 aliphatic rings. The van der Waals surface area contributed by atoms with E-state index in [4.69, 9.17) is 9.26 Å². The fourth-order valence-corrected chi connectivity index (χ4v) is 7.91. The van der Waals surface area contributed by atoms with Gasteiger partial charge in [0.15, 0.2) is 10.9 Å². The lowest BCUT2D eigenvalue weighted by Gasteiger charge is -2.36. The Balaban J connectivity index is 1.05. The van der Waals surface area contributed by atoms with Crippen LogP contribution in [0.5, 0.6) is 5.75 Å². The van der Waals surface area contributed by atoms with Crippen LogP contribution in [0.4, 0.5) is 22.7 Å². The van der Waals surface area contributed by atoms with E-state index < -0.39 is 18.1 Å². The van der Waals surface area contributed by atoms with Gasteiger partial charge in [-0.05, 0) is 81.5 Å². The monoisotopic (exact) mass is 644 g/mol. The Labute approximate surface area is 260 Å². The number of anilines is 1. The van der Waals surface area contributed by atoms with Crippen LogP contribution in [0.2, 0.25) is 0 Å². The van der Waals surface area contributed by atoms with Gasteiger partial charge >= 0.3 is 12.3 Å². The Morgan fingerprint density at radius 2 is 1.87 bits per heavy atom. The van der Waals surface area contributed by atoms with Crippen molar-refractivity contribution >= 4 is 32.7 Å². The Bertz CT molecular complexity index is 1700. The summed E-state index contributed by atoms with van der Waals surface area (Å²) >= 11 is 1.33. The van der Waals surface area contributed by atoms with Crippen molar-refractivity contribution in [3.8, 4) is 17.0 Å². The molecule has 4 atom stereocenters. The van der Waals surface area contributed by atoms with E-state index in [2.05, 4.69) is 25.5 Å². The van der Waals surface area contributed by atoms with Crippen LogP contribution in [0.3, 0.4) is 0 Å². The van der Waals surface area contributed by atoms with Gasteiger partial charge < -0.3 is 24.6 Å². The van der Waals surface area contributed by atoms with Crippen LogP contribution in [-0.4, -0.2) is 41.2 Å². The summed E-state index contributed by atoms with van der Waals surface area (Å²) in [6.07, 6.45) is 1.03. The summed E-state index contributed by atoms with van der Waals surface area (Å²) in [5, 5.41) is 12.1. The number of fused-ring (bicyclic) bond motifs is 3. The molecule has 0 amide bonds. The molecule has 7 rings (SSSR count). The number of esters is 1. The van der Waals surface area contributed by atoms with Crippen molar-refractivity contribution in [2.75, 3.05) is 11.9 Å². The Morgan fingerprint density at radius 3 is 2.58 bits per heavy atom. The number of hydrogen-bond acceptors (Lipinski definition) is 9. The number of nitrogens with one attached hydrogen (secondary N) is 2. The van der Waals surface area contributed by atoms with E-state index in [-0.39, 0.29) is 47.0 Å². The number of para-hydroxylation sites is 1. The quantitative estimate of drug-likeness (QED) is 0.133. The Hall–Kier alpha value is -3.71. The van der Waals surface area contributed by atoms with Crippen LogP contribution in [0.1, 0.15) is 73.0 Å². The molecule has 2 unspecified atom stereocenters. The summed E-state index contributed by atoms with van der Waals surface area (Å²) in [5.74, 6) is 0.276. The molecule has 4 aromatic rings. The van der Waals surface area contributed by atoms with Gasteiger partial charge in [0.05, 0.1) is 16.9 Å². The fraction of sp³-hybridized carbons (Fsp3) is 0.469. The number of hydrogen-bond donors (Lipinski definition) is 2. The van der Waals surface area contributed by atoms with E-state index >= 15 is 0 Å². The Kier molecular flexibility index (Phi) is 7.93. The molecular formula is C32H32F4N4O4S. The minimum absolute atomic E-state index is 0.167. The fourth-order valence-electron chi connectivity index (χ4n) is 6.95. The summed E-state index contributed by atoms with van der Waals surface area (Å²) < 4.78 is 69.9. The van der Waals surface area contributed by atoms with Crippen molar-refractivity contribution in [3.05, 3.63) is 59.1 Å². The first-order valence-electron chi connectivity index (χ1n) is 15.3. The molecule has 0 spiro atoms. The highest BCUT2D eigenvalue weighted by molar-refractivity contribution is 7.22. The van der Waals surface area contributed by atoms with E-state index in [0.717, 1.165) is 49.8 Å². The maximum Gasteiger partial charge on any atom is 0.573 e. The van der Waals surface area contributed by atoms with Gasteiger partial charge in [0.2, 0.25) is 0 Å². The molecule has 0 saturated heterocycles. The number of halogens is 4. The van der Waals surface area contributed by atoms with E-state index in [0.29, 0.717) is 33.9 Å². The lowest BCUT2D eigenvalue weighted by molar-refractivity contribution is -0.274. The molecule has 2 heterocycles. The van der Waals surface area contributed by atoms with Crippen molar-refractivity contribution in [1.29, 1.82) is 0 Å². The molecule has 45 heavy (non-hydrogen) atoms. The summed E-state index contributed by atoms with van der Waals surface area (Å²) in [7, 11) is 0. The minimum atomic E-state index is -4.82. The SMILES string of the molecule is CCOC(=O)c1cc(F)c2nc(NC3[C@@H]4CC[C@H]3CC(NCc3c(-c5ccccc5OC(F)(F)F)noc3C3CC3)C4)sc2c1. The number of ether oxygens (including phenoxy) is 2. The summed E-state index contributed by atoms with van der Waals surface area (Å²) in [6.45, 7) is 2.34. The average molecular weight is 645 g/mol. The third-order valence-electron chi connectivity index (χ3n) is 9.05. The predicted molar refractivity (Wildman–Crippen MR) is 160 cm³/mol. The van der Waals surface area contributed by atoms with Gasteiger partial charge in [0.1, 0.15) is 22.7 Å². The molecule has 238 valence electrons. The number of aromatic nitrogens is 2. The maximum atomic E-state index is 14.8. The van der Waals surface area contributed by atoms with Gasteiger partial charge in [-0.25, -0.2) is 14.2 Å². The molecule has 0 radical (unpaired) electrons. The zero-order valence-electron chi connectivity index (χ0n) is 24.5. The van der Waals surface area contributed by atoms with E-state index in [1.165, 1.54) is 29.5 Å². The molecule has 2 N–H and O–H groups in total. The third-order valence-corrected chi connectivity index (χ3v) is 9.98. The zero-order valence-corrected chi connectivity index (χ0v) is 25.3. The average Bonchev–Trinajstić information content (AvgIpc) is 3.55. The predicted octanol–water partition coefficient (Wildman–Crippen LogP) is 7.80. The van der Waals surface area contributed by atoms with Gasteiger partial charge in [-0.1, -0.05) is 28.6 Å². The van der Waals surface area contributed by atoms with Gasteiger partial charge in [0, 0.05) is 35.7 Å². The van der Waals surface area contributed by atoms with Crippen LogP contribution >= 0.6 is 11.3 Å². The van der Waals surface area contributed by atoms with Crippen molar-refractivity contribution in [3.63, 3.8) is 0 Å². The number of benzene rings is 2. The van der Waals surface area contributed by atoms with Crippen molar-refractivity contribution < 1.29 is 36.4 Å². The van der Waals surface area contributed by atoms with Crippen molar-refractivity contribution in [1.82, 2.24) is 15.5 Å². The molecule has 2 aromatic heterocycles. The van der Waals surface area contributed by atoms with Gasteiger partial charge in [-0.2, -0.15) is 0 Å². The third kappa shape index (κ3) is 6.24. The van der Waals surface area contributed by atoms with Gasteiger partial charge in [-0.3, -0.25) is 0 Å². The van der Waals surface area contributed by atoms with Crippen molar-refractivity contribution in [2.24, 2.45) is 11.8 Å². The number of carbonyl (C=O) groups excluding carboxylic acids is 1. The van der Waals surface area contributed by atoms with E-state index in [1.807, 2.05) is 0 Å². The van der Waals surface area contributed by atoms with Crippen LogP contribution in [0, 0.1) is 17.7 Å². The second-order valence-electron chi connectivity index (χ2n) is 12.1. The molecule has 2 aromatic carbocycles. The molecule has 3 saturated carbocycles. The molecule has 2 bridgehead atoms. The van der Waals surface area contributed by atoms with Gasteiger partial charge in [0.25, 0.3) is 0 Å². The smallest absolute Gasteiger partial charge is 0.462 e. The standard InChI is InChI=1S/C32H32F4N4O4S/c1-2-42-30(41)19-13-23(33)28-25(14-19)45-31(39-28)38-26-17-9-10-18(26)12-20(11-17)37-15-22-27(40-44-29(22)16-7-8-16)21-5-3-4-6-24(21)43-32(34,35)36/h3-6,13-14,16-18,20,26,37H,2,7-12,15H2,1H3,(H,38,39)/t17-,18+,20?,26?. The number of rotatable bonds is 10. The number of alkyl halides is 3. The molecule has 3 fully saturated rings. The minimum Gasteiger partial charge on any atom is -0.462 e. The summed E-state index contributed by atoms with van der Waals surface area (Å²) in [5.41, 5.74) is 1.80. The van der Waals surface area contributed by atoms with Crippen LogP contribution in [0.15, 0.2) is 40.9 Å². The lowest BCUT2D eigenvalue weighted by Crippen LogP contribution is -2.44. The Morgan fingerprint density at radius 1 is 1.11 bits per heavy atom. The largest absolute Gasteiger partial charge is 0.573 e. The molecule has 0 aliphatic heterocycles. The first kappa shape index (κ1) is 30.0. The van der Waals surface area contributed by atoms with Crippen LogP contribution in [0.25, 0.3) is 21.5 Å². The molecule has 8 nitrogen and oxygen atoms in total. The zero-order chi connectivity index (χ0) is 31.3. The highest BCUT2D eigenvalue weighted by atomic mass is 32.1. The second-order valence-corrected chi connectivity index (χ2v) is 13.1. The highest BCUT2D eigenvalue weighted by Gasteiger charge is 2.43.